The highest BCUT2D eigenvalue weighted by Crippen LogP contribution is 2.10. The molecule has 0 aliphatic heterocycles. The van der Waals surface area contributed by atoms with Crippen molar-refractivity contribution in [2.24, 2.45) is 0 Å². The summed E-state index contributed by atoms with van der Waals surface area (Å²) >= 11 is 0. The summed E-state index contributed by atoms with van der Waals surface area (Å²) in [5.74, 6) is 0. The first-order valence-corrected chi connectivity index (χ1v) is 6.94. The molecule has 7 nitrogen and oxygen atoms in total. The molecule has 0 saturated heterocycles. The van der Waals surface area contributed by atoms with Crippen LogP contribution in [-0.4, -0.2) is 30.0 Å². The van der Waals surface area contributed by atoms with Crippen LogP contribution >= 0.6 is 0 Å². The number of nitrogens with one attached hydrogen (secondary N) is 1. The van der Waals surface area contributed by atoms with Gasteiger partial charge in [0.1, 0.15) is 0 Å². The predicted molar refractivity (Wildman–Crippen MR) is 66.4 cm³/mol. The maximum atomic E-state index is 12.0. The molecular weight excluding hydrogens is 266 g/mol. The molecule has 0 aliphatic rings. The van der Waals surface area contributed by atoms with Crippen LogP contribution in [0, 0.1) is 11.3 Å². The van der Waals surface area contributed by atoms with Gasteiger partial charge in [-0.05, 0) is 18.2 Å². The van der Waals surface area contributed by atoms with Gasteiger partial charge < -0.3 is 0 Å². The summed E-state index contributed by atoms with van der Waals surface area (Å²) in [6, 6.07) is 7.76. The second-order valence-electron chi connectivity index (χ2n) is 3.70. The maximum absolute atomic E-state index is 12.0. The molecule has 1 N–H and O–H groups in total. The van der Waals surface area contributed by atoms with Gasteiger partial charge in [0.15, 0.2) is 0 Å². The molecular formula is C11H11N5O2S. The smallest absolute Gasteiger partial charge is 0.240 e. The van der Waals surface area contributed by atoms with Crippen molar-refractivity contribution in [1.82, 2.24) is 19.7 Å². The summed E-state index contributed by atoms with van der Waals surface area (Å²) in [5.41, 5.74) is 0.305. The number of nitriles is 1. The van der Waals surface area contributed by atoms with Crippen molar-refractivity contribution in [1.29, 1.82) is 5.26 Å². The van der Waals surface area contributed by atoms with Gasteiger partial charge in [-0.25, -0.2) is 13.1 Å². The van der Waals surface area contributed by atoms with Gasteiger partial charge in [0.2, 0.25) is 10.0 Å². The topological polar surface area (TPSA) is 101 Å². The Labute approximate surface area is 110 Å². The standard InChI is InChI=1S/C11H11N5O2S/c12-9-10-2-1-3-11(8-10)19(17,18)14-5-7-16-6-4-13-15-16/h1-4,6,8,14H,5,7H2. The summed E-state index contributed by atoms with van der Waals surface area (Å²) in [5, 5.41) is 16.1. The molecule has 0 saturated carbocycles. The van der Waals surface area contributed by atoms with E-state index in [0.717, 1.165) is 0 Å². The fourth-order valence-corrected chi connectivity index (χ4v) is 2.53. The number of hydrogen-bond acceptors (Lipinski definition) is 5. The van der Waals surface area contributed by atoms with Gasteiger partial charge in [-0.1, -0.05) is 11.3 Å². The van der Waals surface area contributed by atoms with E-state index in [0.29, 0.717) is 12.1 Å². The number of aromatic nitrogens is 3. The van der Waals surface area contributed by atoms with Crippen LogP contribution in [0.4, 0.5) is 0 Å². The van der Waals surface area contributed by atoms with E-state index < -0.39 is 10.0 Å². The molecule has 0 unspecified atom stereocenters. The van der Waals surface area contributed by atoms with Crippen LogP contribution in [0.15, 0.2) is 41.6 Å². The van der Waals surface area contributed by atoms with E-state index in [4.69, 9.17) is 5.26 Å². The zero-order valence-electron chi connectivity index (χ0n) is 9.89. The minimum absolute atomic E-state index is 0.0742. The molecule has 19 heavy (non-hydrogen) atoms. The monoisotopic (exact) mass is 277 g/mol. The molecule has 1 aromatic heterocycles. The van der Waals surface area contributed by atoms with E-state index in [9.17, 15) is 8.42 Å². The lowest BCUT2D eigenvalue weighted by Gasteiger charge is -2.06. The number of benzene rings is 1. The Morgan fingerprint density at radius 1 is 1.42 bits per heavy atom. The number of rotatable bonds is 5. The predicted octanol–water partition coefficient (Wildman–Crippen LogP) is 0.128. The lowest BCUT2D eigenvalue weighted by molar-refractivity contribution is 0.553. The Morgan fingerprint density at radius 2 is 2.26 bits per heavy atom. The minimum atomic E-state index is -3.61. The van der Waals surface area contributed by atoms with Crippen LogP contribution in [0.5, 0.6) is 0 Å². The first kappa shape index (κ1) is 13.2. The van der Waals surface area contributed by atoms with Gasteiger partial charge in [-0.3, -0.25) is 4.68 Å². The Kier molecular flexibility index (Phi) is 3.89. The minimum Gasteiger partial charge on any atom is -0.251 e. The summed E-state index contributed by atoms with van der Waals surface area (Å²) < 4.78 is 27.9. The van der Waals surface area contributed by atoms with E-state index in [1.165, 1.54) is 29.1 Å². The second-order valence-corrected chi connectivity index (χ2v) is 5.47. The first-order chi connectivity index (χ1) is 9.12. The average Bonchev–Trinajstić information content (AvgIpc) is 2.92. The normalized spacial score (nSPS) is 11.1. The van der Waals surface area contributed by atoms with Crippen molar-refractivity contribution in [2.75, 3.05) is 6.54 Å². The highest BCUT2D eigenvalue weighted by molar-refractivity contribution is 7.89. The Balaban J connectivity index is 2.03. The molecule has 0 atom stereocenters. The van der Waals surface area contributed by atoms with Crippen LogP contribution in [0.1, 0.15) is 5.56 Å². The molecule has 0 bridgehead atoms. The van der Waals surface area contributed by atoms with Crippen LogP contribution in [-0.2, 0) is 16.6 Å². The quantitative estimate of drug-likeness (QED) is 0.837. The van der Waals surface area contributed by atoms with Crippen LogP contribution in [0.3, 0.4) is 0 Å². The molecule has 0 amide bonds. The lowest BCUT2D eigenvalue weighted by atomic mass is 10.2. The third kappa shape index (κ3) is 3.37. The summed E-state index contributed by atoms with van der Waals surface area (Å²) in [4.78, 5) is 0.0742. The fraction of sp³-hybridized carbons (Fsp3) is 0.182. The van der Waals surface area contributed by atoms with Crippen molar-refractivity contribution in [3.8, 4) is 6.07 Å². The van der Waals surface area contributed by atoms with E-state index in [-0.39, 0.29) is 11.4 Å². The summed E-state index contributed by atoms with van der Waals surface area (Å²) in [6.07, 6.45) is 3.16. The fourth-order valence-electron chi connectivity index (χ4n) is 1.46. The molecule has 2 aromatic rings. The maximum Gasteiger partial charge on any atom is 0.240 e. The molecule has 1 heterocycles. The van der Waals surface area contributed by atoms with Gasteiger partial charge in [0.05, 0.1) is 29.3 Å². The van der Waals surface area contributed by atoms with Crippen LogP contribution in [0.2, 0.25) is 0 Å². The van der Waals surface area contributed by atoms with Gasteiger partial charge >= 0.3 is 0 Å². The highest BCUT2D eigenvalue weighted by Gasteiger charge is 2.13. The van der Waals surface area contributed by atoms with Crippen molar-refractivity contribution in [2.45, 2.75) is 11.4 Å². The summed E-state index contributed by atoms with van der Waals surface area (Å²) in [7, 11) is -3.61. The highest BCUT2D eigenvalue weighted by atomic mass is 32.2. The van der Waals surface area contributed by atoms with E-state index in [1.807, 2.05) is 6.07 Å². The Hall–Kier alpha value is -2.24. The van der Waals surface area contributed by atoms with Crippen molar-refractivity contribution < 1.29 is 8.42 Å². The number of hydrogen-bond donors (Lipinski definition) is 1. The van der Waals surface area contributed by atoms with Crippen LogP contribution < -0.4 is 4.72 Å². The number of nitrogens with zero attached hydrogens (tertiary/aromatic N) is 4. The molecule has 2 rings (SSSR count). The van der Waals surface area contributed by atoms with Gasteiger partial charge in [0.25, 0.3) is 0 Å². The molecule has 0 radical (unpaired) electrons. The Bertz CT molecular complexity index is 688. The average molecular weight is 277 g/mol. The summed E-state index contributed by atoms with van der Waals surface area (Å²) in [6.45, 7) is 0.583. The van der Waals surface area contributed by atoms with E-state index >= 15 is 0 Å². The van der Waals surface area contributed by atoms with Gasteiger partial charge in [0, 0.05) is 12.7 Å². The van der Waals surface area contributed by atoms with Crippen molar-refractivity contribution >= 4 is 10.0 Å². The number of sulfonamides is 1. The lowest BCUT2D eigenvalue weighted by Crippen LogP contribution is -2.27. The Morgan fingerprint density at radius 3 is 2.95 bits per heavy atom. The molecule has 0 spiro atoms. The molecule has 1 aromatic carbocycles. The van der Waals surface area contributed by atoms with Crippen LogP contribution in [0.25, 0.3) is 0 Å². The molecule has 0 aliphatic carbocycles. The van der Waals surface area contributed by atoms with Crippen molar-refractivity contribution in [3.05, 3.63) is 42.2 Å². The molecule has 8 heteroatoms. The van der Waals surface area contributed by atoms with Gasteiger partial charge in [-0.15, -0.1) is 5.10 Å². The third-order valence-electron chi connectivity index (χ3n) is 2.38. The molecule has 0 fully saturated rings. The van der Waals surface area contributed by atoms with Gasteiger partial charge in [-0.2, -0.15) is 5.26 Å². The zero-order chi connectivity index (χ0) is 13.7. The SMILES string of the molecule is N#Cc1cccc(S(=O)(=O)NCCn2ccnn2)c1. The third-order valence-corrected chi connectivity index (χ3v) is 3.84. The largest absolute Gasteiger partial charge is 0.251 e. The zero-order valence-corrected chi connectivity index (χ0v) is 10.7. The van der Waals surface area contributed by atoms with E-state index in [2.05, 4.69) is 15.0 Å². The van der Waals surface area contributed by atoms with Crippen molar-refractivity contribution in [3.63, 3.8) is 0 Å². The second kappa shape index (κ2) is 5.60. The first-order valence-electron chi connectivity index (χ1n) is 5.46. The molecule has 98 valence electrons. The van der Waals surface area contributed by atoms with E-state index in [1.54, 1.807) is 12.3 Å².